The van der Waals surface area contributed by atoms with E-state index in [1.807, 2.05) is 24.3 Å². The van der Waals surface area contributed by atoms with Crippen molar-refractivity contribution in [2.75, 3.05) is 83.0 Å². The molecule has 1 amide bonds. The number of fused-ring (bicyclic) bond motifs is 1. The van der Waals surface area contributed by atoms with E-state index >= 15 is 0 Å². The number of nitrogens with one attached hydrogen (secondary N) is 1. The second kappa shape index (κ2) is 10.1. The Morgan fingerprint density at radius 2 is 1.82 bits per heavy atom. The van der Waals surface area contributed by atoms with Gasteiger partial charge in [0.25, 0.3) is 5.91 Å². The third-order valence-corrected chi connectivity index (χ3v) is 6.98. The Morgan fingerprint density at radius 1 is 1.03 bits per heavy atom. The molecule has 3 heterocycles. The van der Waals surface area contributed by atoms with Gasteiger partial charge in [-0.2, -0.15) is 0 Å². The number of morpholine rings is 1. The Morgan fingerprint density at radius 3 is 2.59 bits per heavy atom. The van der Waals surface area contributed by atoms with Gasteiger partial charge in [0, 0.05) is 68.7 Å². The van der Waals surface area contributed by atoms with E-state index < -0.39 is 0 Å². The van der Waals surface area contributed by atoms with Gasteiger partial charge in [0.15, 0.2) is 0 Å². The Kier molecular flexibility index (Phi) is 6.78. The quantitative estimate of drug-likeness (QED) is 0.723. The molecule has 0 aromatic heterocycles. The summed E-state index contributed by atoms with van der Waals surface area (Å²) in [6.45, 7) is 7.64. The van der Waals surface area contributed by atoms with Crippen molar-refractivity contribution in [1.29, 1.82) is 0 Å². The van der Waals surface area contributed by atoms with Crippen LogP contribution in [0, 0.1) is 0 Å². The predicted molar refractivity (Wildman–Crippen MR) is 133 cm³/mol. The van der Waals surface area contributed by atoms with Crippen LogP contribution in [0.3, 0.4) is 0 Å². The first-order chi connectivity index (χ1) is 16.6. The van der Waals surface area contributed by atoms with E-state index in [1.165, 1.54) is 11.3 Å². The lowest BCUT2D eigenvalue weighted by Crippen LogP contribution is -2.46. The number of ether oxygens (including phenoxy) is 3. The van der Waals surface area contributed by atoms with Crippen LogP contribution >= 0.6 is 0 Å². The Labute approximate surface area is 201 Å². The average molecular weight is 467 g/mol. The van der Waals surface area contributed by atoms with Crippen molar-refractivity contribution in [2.45, 2.75) is 12.5 Å². The first kappa shape index (κ1) is 22.8. The number of carbonyl (C=O) groups is 1. The smallest absolute Gasteiger partial charge is 0.255 e. The zero-order valence-corrected chi connectivity index (χ0v) is 20.1. The molecule has 1 unspecified atom stereocenters. The fraction of sp³-hybridized carbons (Fsp3) is 0.500. The number of piperazine rings is 1. The van der Waals surface area contributed by atoms with Crippen LogP contribution in [0.25, 0.3) is 0 Å². The minimum atomic E-state index is -0.139. The summed E-state index contributed by atoms with van der Waals surface area (Å²) in [4.78, 5) is 20.2. The van der Waals surface area contributed by atoms with Crippen LogP contribution in [0.5, 0.6) is 11.5 Å². The van der Waals surface area contributed by atoms with Crippen molar-refractivity contribution in [3.05, 3.63) is 47.5 Å². The van der Waals surface area contributed by atoms with E-state index in [-0.39, 0.29) is 11.9 Å². The van der Waals surface area contributed by atoms with Crippen LogP contribution in [-0.2, 0) is 11.2 Å². The zero-order chi connectivity index (χ0) is 23.5. The van der Waals surface area contributed by atoms with E-state index in [1.54, 1.807) is 7.11 Å². The highest BCUT2D eigenvalue weighted by Crippen LogP contribution is 2.34. The normalized spacial score (nSPS) is 20.9. The first-order valence-electron chi connectivity index (χ1n) is 12.1. The van der Waals surface area contributed by atoms with Gasteiger partial charge in [-0.1, -0.05) is 6.07 Å². The first-order valence-corrected chi connectivity index (χ1v) is 12.1. The largest absolute Gasteiger partial charge is 0.496 e. The number of amides is 1. The maximum atomic E-state index is 13.2. The van der Waals surface area contributed by atoms with Crippen molar-refractivity contribution in [2.24, 2.45) is 0 Å². The molecule has 8 heteroatoms. The summed E-state index contributed by atoms with van der Waals surface area (Å²) in [5, 5.41) is 3.18. The molecule has 8 nitrogen and oxygen atoms in total. The molecule has 182 valence electrons. The van der Waals surface area contributed by atoms with E-state index in [0.717, 1.165) is 57.1 Å². The van der Waals surface area contributed by atoms with Crippen LogP contribution in [0.2, 0.25) is 0 Å². The topological polar surface area (TPSA) is 66.5 Å². The summed E-state index contributed by atoms with van der Waals surface area (Å²) >= 11 is 0. The van der Waals surface area contributed by atoms with E-state index in [2.05, 4.69) is 39.2 Å². The lowest BCUT2D eigenvalue weighted by Gasteiger charge is -2.37. The van der Waals surface area contributed by atoms with Gasteiger partial charge in [-0.25, -0.2) is 0 Å². The van der Waals surface area contributed by atoms with Gasteiger partial charge < -0.3 is 34.2 Å². The minimum absolute atomic E-state index is 0.0998. The lowest BCUT2D eigenvalue weighted by atomic mass is 9.99. The number of nitrogens with zero attached hydrogens (tertiary/aromatic N) is 3. The Hall–Kier alpha value is -2.97. The highest BCUT2D eigenvalue weighted by atomic mass is 16.5. The fourth-order valence-electron chi connectivity index (χ4n) is 4.98. The van der Waals surface area contributed by atoms with Crippen molar-refractivity contribution in [1.82, 2.24) is 10.2 Å². The molecule has 34 heavy (non-hydrogen) atoms. The summed E-state index contributed by atoms with van der Waals surface area (Å²) in [5.41, 5.74) is 3.98. The number of benzene rings is 2. The molecule has 3 aliphatic rings. The van der Waals surface area contributed by atoms with Crippen LogP contribution in [-0.4, -0.2) is 90.1 Å². The monoisotopic (exact) mass is 466 g/mol. The van der Waals surface area contributed by atoms with E-state index in [9.17, 15) is 4.79 Å². The molecule has 0 aliphatic carbocycles. The number of carbonyl (C=O) groups excluding carboxylic acids is 1. The van der Waals surface area contributed by atoms with Gasteiger partial charge in [-0.05, 0) is 31.3 Å². The summed E-state index contributed by atoms with van der Waals surface area (Å²) in [6.07, 6.45) is 0.748. The van der Waals surface area contributed by atoms with Crippen LogP contribution in [0.1, 0.15) is 15.9 Å². The molecule has 0 saturated carbocycles. The third-order valence-electron chi connectivity index (χ3n) is 6.98. The molecule has 0 spiro atoms. The average Bonchev–Trinajstić information content (AvgIpc) is 2.89. The van der Waals surface area contributed by atoms with E-state index in [0.29, 0.717) is 31.1 Å². The second-order valence-electron chi connectivity index (χ2n) is 9.21. The van der Waals surface area contributed by atoms with Gasteiger partial charge in [0.1, 0.15) is 18.1 Å². The number of anilines is 2. The van der Waals surface area contributed by atoms with Gasteiger partial charge in [-0.15, -0.1) is 0 Å². The third kappa shape index (κ3) is 4.79. The fourth-order valence-corrected chi connectivity index (χ4v) is 4.98. The molecule has 1 atom stereocenters. The zero-order valence-electron chi connectivity index (χ0n) is 20.1. The summed E-state index contributed by atoms with van der Waals surface area (Å²) in [7, 11) is 3.77. The van der Waals surface area contributed by atoms with Crippen LogP contribution in [0.15, 0.2) is 36.4 Å². The molecule has 0 bridgehead atoms. The molecule has 3 aliphatic heterocycles. The maximum Gasteiger partial charge on any atom is 0.255 e. The molecule has 2 aromatic carbocycles. The van der Waals surface area contributed by atoms with Gasteiger partial charge in [-0.3, -0.25) is 4.79 Å². The molecule has 2 saturated heterocycles. The molecule has 2 fully saturated rings. The van der Waals surface area contributed by atoms with Crippen LogP contribution in [0.4, 0.5) is 11.4 Å². The summed E-state index contributed by atoms with van der Waals surface area (Å²) in [6, 6.07) is 11.9. The van der Waals surface area contributed by atoms with E-state index in [4.69, 9.17) is 14.2 Å². The van der Waals surface area contributed by atoms with Gasteiger partial charge >= 0.3 is 0 Å². The minimum Gasteiger partial charge on any atom is -0.496 e. The molecule has 5 rings (SSSR count). The van der Waals surface area contributed by atoms with Crippen molar-refractivity contribution >= 4 is 17.3 Å². The standard InChI is InChI=1S/C26H34N4O4/c1-28-8-10-30(11-9-28)23-4-3-5-24-22(23)16-19(18-34-24)27-26(31)21-7-6-20(17-25(21)32-2)29-12-14-33-15-13-29/h3-7,17,19H,8-16,18H2,1-2H3,(H,27,31). The second-order valence-corrected chi connectivity index (χ2v) is 9.21. The highest BCUT2D eigenvalue weighted by molar-refractivity contribution is 5.97. The number of hydrogen-bond acceptors (Lipinski definition) is 7. The summed E-state index contributed by atoms with van der Waals surface area (Å²) < 4.78 is 17.1. The van der Waals surface area contributed by atoms with Gasteiger partial charge in [0.05, 0.1) is 31.9 Å². The molecule has 1 N–H and O–H groups in total. The molecular weight excluding hydrogens is 432 g/mol. The SMILES string of the molecule is COc1cc(N2CCOCC2)ccc1C(=O)NC1COc2cccc(N3CCN(C)CC3)c2C1. The Balaban J connectivity index is 1.29. The number of likely N-dealkylation sites (N-methyl/N-ethyl adjacent to an activating group) is 1. The highest BCUT2D eigenvalue weighted by Gasteiger charge is 2.27. The van der Waals surface area contributed by atoms with Gasteiger partial charge in [0.2, 0.25) is 0 Å². The molecule has 2 aromatic rings. The van der Waals surface area contributed by atoms with Crippen molar-refractivity contribution in [3.8, 4) is 11.5 Å². The number of methoxy groups -OCH3 is 1. The number of rotatable bonds is 5. The van der Waals surface area contributed by atoms with Crippen molar-refractivity contribution < 1.29 is 19.0 Å². The van der Waals surface area contributed by atoms with Crippen LogP contribution < -0.4 is 24.6 Å². The molecular formula is C26H34N4O4. The maximum absolute atomic E-state index is 13.2. The number of hydrogen-bond donors (Lipinski definition) is 1. The Bertz CT molecular complexity index is 1020. The lowest BCUT2D eigenvalue weighted by molar-refractivity contribution is 0.0912. The predicted octanol–water partition coefficient (Wildman–Crippen LogP) is 2.02. The summed E-state index contributed by atoms with van der Waals surface area (Å²) in [5.74, 6) is 1.37. The molecule has 0 radical (unpaired) electrons. The van der Waals surface area contributed by atoms with Crippen molar-refractivity contribution in [3.63, 3.8) is 0 Å².